The van der Waals surface area contributed by atoms with Crippen molar-refractivity contribution in [2.75, 3.05) is 19.0 Å². The van der Waals surface area contributed by atoms with E-state index in [0.717, 1.165) is 0 Å². The summed E-state index contributed by atoms with van der Waals surface area (Å²) in [5.74, 6) is -0.933. The molecule has 0 spiro atoms. The van der Waals surface area contributed by atoms with Gasteiger partial charge >= 0.3 is 5.97 Å². The molecule has 0 fully saturated rings. The van der Waals surface area contributed by atoms with Crippen LogP contribution >= 0.6 is 11.6 Å². The predicted molar refractivity (Wildman–Crippen MR) is 85.5 cm³/mol. The van der Waals surface area contributed by atoms with Gasteiger partial charge in [-0.1, -0.05) is 17.7 Å². The van der Waals surface area contributed by atoms with Gasteiger partial charge in [-0.2, -0.15) is 0 Å². The van der Waals surface area contributed by atoms with Crippen LogP contribution in [0, 0.1) is 0 Å². The summed E-state index contributed by atoms with van der Waals surface area (Å²) in [5, 5.41) is 12.0. The molecule has 1 amide bonds. The zero-order chi connectivity index (χ0) is 16.8. The van der Waals surface area contributed by atoms with Crippen LogP contribution in [-0.4, -0.2) is 30.7 Å². The maximum absolute atomic E-state index is 11.9. The molecule has 0 bridgehead atoms. The largest absolute Gasteiger partial charge is 0.497 e. The van der Waals surface area contributed by atoms with E-state index in [1.807, 2.05) is 0 Å². The van der Waals surface area contributed by atoms with E-state index in [-0.39, 0.29) is 22.9 Å². The number of methoxy groups -OCH3 is 1. The number of carbonyl (C=O) groups is 2. The molecule has 0 saturated heterocycles. The lowest BCUT2D eigenvalue weighted by Gasteiger charge is -2.10. The highest BCUT2D eigenvalue weighted by Gasteiger charge is 2.13. The molecule has 0 aromatic heterocycles. The fourth-order valence-electron chi connectivity index (χ4n) is 1.84. The lowest BCUT2D eigenvalue weighted by atomic mass is 10.2. The summed E-state index contributed by atoms with van der Waals surface area (Å²) in [5.41, 5.74) is 0.444. The lowest BCUT2D eigenvalue weighted by molar-refractivity contribution is -0.118. The van der Waals surface area contributed by atoms with Gasteiger partial charge in [-0.3, -0.25) is 4.79 Å². The molecule has 6 nitrogen and oxygen atoms in total. The lowest BCUT2D eigenvalue weighted by Crippen LogP contribution is -2.20. The van der Waals surface area contributed by atoms with Crippen molar-refractivity contribution in [3.63, 3.8) is 0 Å². The Hall–Kier alpha value is -2.73. The summed E-state index contributed by atoms with van der Waals surface area (Å²) < 4.78 is 10.3. The maximum atomic E-state index is 11.9. The van der Waals surface area contributed by atoms with E-state index in [2.05, 4.69) is 5.32 Å². The number of hydrogen-bond donors (Lipinski definition) is 2. The van der Waals surface area contributed by atoms with Crippen LogP contribution in [0.3, 0.4) is 0 Å². The van der Waals surface area contributed by atoms with Crippen molar-refractivity contribution < 1.29 is 24.2 Å². The summed E-state index contributed by atoms with van der Waals surface area (Å²) in [4.78, 5) is 23.0. The first-order chi connectivity index (χ1) is 11.0. The number of nitrogens with one attached hydrogen (secondary N) is 1. The Kier molecular flexibility index (Phi) is 5.43. The third-order valence-corrected chi connectivity index (χ3v) is 3.12. The van der Waals surface area contributed by atoms with Crippen molar-refractivity contribution in [2.45, 2.75) is 0 Å². The molecule has 0 atom stereocenters. The Labute approximate surface area is 137 Å². The molecular weight excluding hydrogens is 322 g/mol. The number of ether oxygens (including phenoxy) is 2. The number of anilines is 1. The molecule has 2 N–H and O–H groups in total. The van der Waals surface area contributed by atoms with Gasteiger partial charge in [-0.25, -0.2) is 4.79 Å². The summed E-state index contributed by atoms with van der Waals surface area (Å²) >= 11 is 5.75. The van der Waals surface area contributed by atoms with Gasteiger partial charge in [-0.05, 0) is 30.3 Å². The smallest absolute Gasteiger partial charge is 0.339 e. The highest BCUT2D eigenvalue weighted by atomic mass is 35.5. The first kappa shape index (κ1) is 16.6. The van der Waals surface area contributed by atoms with Crippen molar-refractivity contribution in [2.24, 2.45) is 0 Å². The summed E-state index contributed by atoms with van der Waals surface area (Å²) in [6.45, 7) is -0.334. The van der Waals surface area contributed by atoms with Crippen molar-refractivity contribution >= 4 is 29.2 Å². The minimum absolute atomic E-state index is 0.0719. The number of benzene rings is 2. The van der Waals surface area contributed by atoms with Crippen LogP contribution in [0.4, 0.5) is 5.69 Å². The van der Waals surface area contributed by atoms with Gasteiger partial charge in [-0.15, -0.1) is 0 Å². The van der Waals surface area contributed by atoms with Gasteiger partial charge in [0.25, 0.3) is 5.91 Å². The van der Waals surface area contributed by atoms with Crippen LogP contribution < -0.4 is 14.8 Å². The van der Waals surface area contributed by atoms with E-state index in [1.165, 1.54) is 25.3 Å². The minimum Gasteiger partial charge on any atom is -0.497 e. The van der Waals surface area contributed by atoms with E-state index < -0.39 is 11.9 Å². The van der Waals surface area contributed by atoms with Crippen LogP contribution in [0.5, 0.6) is 11.5 Å². The summed E-state index contributed by atoms with van der Waals surface area (Å²) in [7, 11) is 1.53. The van der Waals surface area contributed by atoms with Crippen molar-refractivity contribution in [3.8, 4) is 11.5 Å². The number of carboxylic acid groups (broad SMARTS) is 1. The second-order valence-electron chi connectivity index (χ2n) is 4.51. The Bertz CT molecular complexity index is 732. The van der Waals surface area contributed by atoms with Crippen LogP contribution in [-0.2, 0) is 4.79 Å². The monoisotopic (exact) mass is 335 g/mol. The van der Waals surface area contributed by atoms with Crippen LogP contribution in [0.2, 0.25) is 5.02 Å². The third-order valence-electron chi connectivity index (χ3n) is 2.88. The third kappa shape index (κ3) is 4.62. The Balaban J connectivity index is 2.00. The van der Waals surface area contributed by atoms with E-state index in [9.17, 15) is 9.59 Å². The van der Waals surface area contributed by atoms with Gasteiger partial charge in [0.15, 0.2) is 6.61 Å². The fourth-order valence-corrected chi connectivity index (χ4v) is 2.01. The number of amides is 1. The molecule has 0 radical (unpaired) electrons. The Morgan fingerprint density at radius 3 is 2.70 bits per heavy atom. The second kappa shape index (κ2) is 7.51. The van der Waals surface area contributed by atoms with Crippen LogP contribution in [0.1, 0.15) is 10.4 Å². The second-order valence-corrected chi connectivity index (χ2v) is 4.95. The normalized spacial score (nSPS) is 10.0. The number of aromatic carboxylic acids is 1. The molecule has 0 aliphatic carbocycles. The van der Waals surface area contributed by atoms with Gasteiger partial charge < -0.3 is 19.9 Å². The number of hydrogen-bond acceptors (Lipinski definition) is 4. The molecule has 2 rings (SSSR count). The zero-order valence-corrected chi connectivity index (χ0v) is 13.0. The number of carbonyl (C=O) groups excluding carboxylic acids is 1. The van der Waals surface area contributed by atoms with E-state index >= 15 is 0 Å². The molecule has 0 unspecified atom stereocenters. The highest BCUT2D eigenvalue weighted by Crippen LogP contribution is 2.23. The molecule has 0 aliphatic rings. The average molecular weight is 336 g/mol. The predicted octanol–water partition coefficient (Wildman–Crippen LogP) is 3.06. The van der Waals surface area contributed by atoms with Crippen LogP contribution in [0.25, 0.3) is 0 Å². The number of halogens is 1. The molecule has 0 heterocycles. The quantitative estimate of drug-likeness (QED) is 0.847. The zero-order valence-electron chi connectivity index (χ0n) is 12.2. The minimum atomic E-state index is -1.18. The van der Waals surface area contributed by atoms with Gasteiger partial charge in [0.05, 0.1) is 7.11 Å². The molecule has 7 heteroatoms. The SMILES string of the molecule is COc1cccc(NC(=O)COc2ccc(Cl)cc2C(=O)O)c1. The summed E-state index contributed by atoms with van der Waals surface area (Å²) in [6, 6.07) is 11.0. The molecule has 2 aromatic carbocycles. The van der Waals surface area contributed by atoms with Gasteiger partial charge in [0.2, 0.25) is 0 Å². The van der Waals surface area contributed by atoms with E-state index in [1.54, 1.807) is 24.3 Å². The molecule has 2 aromatic rings. The van der Waals surface area contributed by atoms with Crippen LogP contribution in [0.15, 0.2) is 42.5 Å². The standard InChI is InChI=1S/C16H14ClNO5/c1-22-12-4-2-3-11(8-12)18-15(19)9-23-14-6-5-10(17)7-13(14)16(20)21/h2-8H,9H2,1H3,(H,18,19)(H,20,21). The molecule has 0 saturated carbocycles. The van der Waals surface area contributed by atoms with Crippen molar-refractivity contribution in [1.29, 1.82) is 0 Å². The average Bonchev–Trinajstić information content (AvgIpc) is 2.53. The van der Waals surface area contributed by atoms with Crippen molar-refractivity contribution in [1.82, 2.24) is 0 Å². The Morgan fingerprint density at radius 2 is 2.00 bits per heavy atom. The molecule has 120 valence electrons. The van der Waals surface area contributed by atoms with Crippen molar-refractivity contribution in [3.05, 3.63) is 53.1 Å². The maximum Gasteiger partial charge on any atom is 0.339 e. The number of carboxylic acids is 1. The van der Waals surface area contributed by atoms with Gasteiger partial charge in [0.1, 0.15) is 17.1 Å². The highest BCUT2D eigenvalue weighted by molar-refractivity contribution is 6.31. The molecular formula is C16H14ClNO5. The Morgan fingerprint density at radius 1 is 1.22 bits per heavy atom. The first-order valence-electron chi connectivity index (χ1n) is 6.59. The first-order valence-corrected chi connectivity index (χ1v) is 6.97. The number of rotatable bonds is 6. The van der Waals surface area contributed by atoms with E-state index in [4.69, 9.17) is 26.2 Å². The topological polar surface area (TPSA) is 84.9 Å². The van der Waals surface area contributed by atoms with E-state index in [0.29, 0.717) is 11.4 Å². The van der Waals surface area contributed by atoms with Gasteiger partial charge in [0, 0.05) is 16.8 Å². The fraction of sp³-hybridized carbons (Fsp3) is 0.125. The molecule has 23 heavy (non-hydrogen) atoms. The summed E-state index contributed by atoms with van der Waals surface area (Å²) in [6.07, 6.45) is 0. The molecule has 0 aliphatic heterocycles.